The largest absolute Gasteiger partial charge is 0.330 e. The number of likely N-dealkylation sites (tertiary alicyclic amines) is 1. The van der Waals surface area contributed by atoms with Crippen LogP contribution in [0.1, 0.15) is 46.0 Å². The summed E-state index contributed by atoms with van der Waals surface area (Å²) in [6, 6.07) is 0.770. The molecule has 0 saturated carbocycles. The smallest absolute Gasteiger partial charge is 0.0220 e. The van der Waals surface area contributed by atoms with Crippen LogP contribution in [0.3, 0.4) is 0 Å². The number of hydrogen-bond acceptors (Lipinski definition) is 3. The van der Waals surface area contributed by atoms with Crippen LogP contribution in [0.2, 0.25) is 0 Å². The third-order valence-electron chi connectivity index (χ3n) is 4.39. The zero-order valence-corrected chi connectivity index (χ0v) is 12.9. The lowest BCUT2D eigenvalue weighted by Gasteiger charge is -2.36. The number of rotatable bonds is 7. The molecule has 1 saturated heterocycles. The zero-order chi connectivity index (χ0) is 13.6. The average Bonchev–Trinajstić information content (AvgIpc) is 2.34. The highest BCUT2D eigenvalue weighted by Crippen LogP contribution is 2.21. The normalized spacial score (nSPS) is 22.7. The Balaban J connectivity index is 2.15. The van der Waals surface area contributed by atoms with Gasteiger partial charge in [-0.3, -0.25) is 0 Å². The van der Waals surface area contributed by atoms with Crippen molar-refractivity contribution in [3.63, 3.8) is 0 Å². The molecule has 1 rings (SSSR count). The molecule has 0 bridgehead atoms. The summed E-state index contributed by atoms with van der Waals surface area (Å²) in [5, 5.41) is 0. The molecule has 18 heavy (non-hydrogen) atoms. The first kappa shape index (κ1) is 15.9. The fourth-order valence-electron chi connectivity index (χ4n) is 2.75. The minimum Gasteiger partial charge on any atom is -0.330 e. The average molecular weight is 255 g/mol. The molecule has 0 amide bonds. The van der Waals surface area contributed by atoms with Gasteiger partial charge in [-0.1, -0.05) is 20.3 Å². The molecule has 108 valence electrons. The van der Waals surface area contributed by atoms with Gasteiger partial charge in [0, 0.05) is 12.6 Å². The van der Waals surface area contributed by atoms with E-state index in [1.54, 1.807) is 0 Å². The molecule has 1 aliphatic rings. The molecule has 3 heteroatoms. The summed E-state index contributed by atoms with van der Waals surface area (Å²) in [7, 11) is 4.53. The van der Waals surface area contributed by atoms with E-state index in [9.17, 15) is 0 Å². The Bertz CT molecular complexity index is 228. The predicted octanol–water partition coefficient (Wildman–Crippen LogP) is 2.17. The predicted molar refractivity (Wildman–Crippen MR) is 79.8 cm³/mol. The highest BCUT2D eigenvalue weighted by Gasteiger charge is 2.21. The summed E-state index contributed by atoms with van der Waals surface area (Å²) in [5.74, 6) is 0. The van der Waals surface area contributed by atoms with Crippen LogP contribution >= 0.6 is 0 Å². The first-order valence-corrected chi connectivity index (χ1v) is 7.53. The second kappa shape index (κ2) is 7.46. The van der Waals surface area contributed by atoms with Crippen LogP contribution in [0.5, 0.6) is 0 Å². The monoisotopic (exact) mass is 255 g/mol. The molecule has 2 N–H and O–H groups in total. The lowest BCUT2D eigenvalue weighted by atomic mass is 9.87. The molecule has 0 aromatic heterocycles. The molecule has 0 spiro atoms. The number of nitrogens with zero attached hydrogens (tertiary/aromatic N) is 2. The van der Waals surface area contributed by atoms with E-state index in [0.29, 0.717) is 5.41 Å². The van der Waals surface area contributed by atoms with Crippen molar-refractivity contribution < 1.29 is 0 Å². The topological polar surface area (TPSA) is 32.5 Å². The van der Waals surface area contributed by atoms with Crippen molar-refractivity contribution in [2.24, 2.45) is 11.1 Å². The summed E-state index contributed by atoms with van der Waals surface area (Å²) in [4.78, 5) is 5.02. The summed E-state index contributed by atoms with van der Waals surface area (Å²) in [6.07, 6.45) is 6.58. The Morgan fingerprint density at radius 1 is 1.33 bits per heavy atom. The molecule has 1 atom stereocenters. The van der Waals surface area contributed by atoms with Gasteiger partial charge in [0.05, 0.1) is 0 Å². The third-order valence-corrected chi connectivity index (χ3v) is 4.39. The number of nitrogens with two attached hydrogens (primary N) is 1. The van der Waals surface area contributed by atoms with Crippen LogP contribution in [0.4, 0.5) is 0 Å². The van der Waals surface area contributed by atoms with E-state index >= 15 is 0 Å². The van der Waals surface area contributed by atoms with E-state index in [4.69, 9.17) is 5.73 Å². The minimum atomic E-state index is 0.323. The van der Waals surface area contributed by atoms with Gasteiger partial charge in [0.1, 0.15) is 0 Å². The van der Waals surface area contributed by atoms with Gasteiger partial charge in [-0.15, -0.1) is 0 Å². The van der Waals surface area contributed by atoms with Gasteiger partial charge >= 0.3 is 0 Å². The van der Waals surface area contributed by atoms with E-state index in [1.807, 2.05) is 0 Å². The van der Waals surface area contributed by atoms with Gasteiger partial charge in [-0.25, -0.2) is 0 Å². The van der Waals surface area contributed by atoms with E-state index in [0.717, 1.165) is 12.6 Å². The molecule has 1 fully saturated rings. The number of unbranched alkanes of at least 4 members (excludes halogenated alkanes) is 1. The van der Waals surface area contributed by atoms with Gasteiger partial charge in [-0.2, -0.15) is 0 Å². The van der Waals surface area contributed by atoms with E-state index < -0.39 is 0 Å². The van der Waals surface area contributed by atoms with E-state index in [2.05, 4.69) is 37.7 Å². The second-order valence-corrected chi connectivity index (χ2v) is 6.86. The van der Waals surface area contributed by atoms with Gasteiger partial charge < -0.3 is 15.5 Å². The molecule has 0 radical (unpaired) electrons. The van der Waals surface area contributed by atoms with Gasteiger partial charge in [0.15, 0.2) is 0 Å². The SMILES string of the molecule is CN1CCCC(N(C)CCCCC(C)(C)CN)C1. The van der Waals surface area contributed by atoms with Crippen molar-refractivity contribution in [3.05, 3.63) is 0 Å². The van der Waals surface area contributed by atoms with Crippen molar-refractivity contribution >= 4 is 0 Å². The maximum absolute atomic E-state index is 5.76. The summed E-state index contributed by atoms with van der Waals surface area (Å²) >= 11 is 0. The van der Waals surface area contributed by atoms with E-state index in [1.165, 1.54) is 51.7 Å². The lowest BCUT2D eigenvalue weighted by molar-refractivity contribution is 0.132. The third kappa shape index (κ3) is 5.68. The molecular weight excluding hydrogens is 222 g/mol. The van der Waals surface area contributed by atoms with Crippen molar-refractivity contribution in [1.82, 2.24) is 9.80 Å². The number of piperidine rings is 1. The van der Waals surface area contributed by atoms with Crippen molar-refractivity contribution in [2.45, 2.75) is 52.0 Å². The summed E-state index contributed by atoms with van der Waals surface area (Å²) < 4.78 is 0. The highest BCUT2D eigenvalue weighted by molar-refractivity contribution is 4.77. The van der Waals surface area contributed by atoms with Gasteiger partial charge in [0.25, 0.3) is 0 Å². The molecule has 0 aromatic carbocycles. The van der Waals surface area contributed by atoms with Crippen LogP contribution in [-0.2, 0) is 0 Å². The molecule has 0 aliphatic carbocycles. The maximum atomic E-state index is 5.76. The number of hydrogen-bond donors (Lipinski definition) is 1. The fourth-order valence-corrected chi connectivity index (χ4v) is 2.75. The Morgan fingerprint density at radius 3 is 2.67 bits per heavy atom. The van der Waals surface area contributed by atoms with Gasteiger partial charge in [0.2, 0.25) is 0 Å². The number of likely N-dealkylation sites (N-methyl/N-ethyl adjacent to an activating group) is 2. The Morgan fingerprint density at radius 2 is 2.06 bits per heavy atom. The molecular formula is C15H33N3. The molecule has 1 heterocycles. The van der Waals surface area contributed by atoms with Crippen molar-refractivity contribution in [1.29, 1.82) is 0 Å². The molecule has 1 aliphatic heterocycles. The minimum absolute atomic E-state index is 0.323. The van der Waals surface area contributed by atoms with Crippen molar-refractivity contribution in [3.8, 4) is 0 Å². The van der Waals surface area contributed by atoms with Gasteiger partial charge in [-0.05, 0) is 64.8 Å². The van der Waals surface area contributed by atoms with Crippen LogP contribution < -0.4 is 5.73 Å². The first-order chi connectivity index (χ1) is 8.44. The first-order valence-electron chi connectivity index (χ1n) is 7.53. The molecule has 1 unspecified atom stereocenters. The standard InChI is InChI=1S/C15H33N3/c1-15(2,13-16)9-5-6-11-18(4)14-8-7-10-17(3)12-14/h14H,5-13,16H2,1-4H3. The Kier molecular flexibility index (Phi) is 6.61. The molecule has 0 aromatic rings. The van der Waals surface area contributed by atoms with Crippen LogP contribution in [0, 0.1) is 5.41 Å². The quantitative estimate of drug-likeness (QED) is 0.708. The summed E-state index contributed by atoms with van der Waals surface area (Å²) in [5.41, 5.74) is 6.09. The van der Waals surface area contributed by atoms with Crippen molar-refractivity contribution in [2.75, 3.05) is 40.3 Å². The van der Waals surface area contributed by atoms with E-state index in [-0.39, 0.29) is 0 Å². The van der Waals surface area contributed by atoms with Crippen LogP contribution in [-0.4, -0.2) is 56.1 Å². The zero-order valence-electron chi connectivity index (χ0n) is 12.9. The lowest BCUT2D eigenvalue weighted by Crippen LogP contribution is -2.45. The van der Waals surface area contributed by atoms with Crippen LogP contribution in [0.25, 0.3) is 0 Å². The Hall–Kier alpha value is -0.120. The summed E-state index contributed by atoms with van der Waals surface area (Å²) in [6.45, 7) is 9.09. The second-order valence-electron chi connectivity index (χ2n) is 6.86. The molecule has 3 nitrogen and oxygen atoms in total. The van der Waals surface area contributed by atoms with Crippen LogP contribution in [0.15, 0.2) is 0 Å². The fraction of sp³-hybridized carbons (Fsp3) is 1.00. The maximum Gasteiger partial charge on any atom is 0.0220 e. The highest BCUT2D eigenvalue weighted by atomic mass is 15.2. The Labute approximate surface area is 114 Å².